The molecule has 0 bridgehead atoms. The molecule has 0 amide bonds. The third-order valence-corrected chi connectivity index (χ3v) is 8.76. The summed E-state index contributed by atoms with van der Waals surface area (Å²) < 4.78 is 57.0. The molecule has 3 heterocycles. The Kier molecular flexibility index (Phi) is 5.91. The summed E-state index contributed by atoms with van der Waals surface area (Å²) in [7, 11) is -7.53. The quantitative estimate of drug-likeness (QED) is 0.425. The monoisotopic (exact) mass is 509 g/mol. The van der Waals surface area contributed by atoms with Crippen molar-refractivity contribution in [2.45, 2.75) is 18.2 Å². The van der Waals surface area contributed by atoms with Gasteiger partial charge in [0, 0.05) is 42.1 Å². The van der Waals surface area contributed by atoms with Crippen LogP contribution >= 0.6 is 0 Å². The van der Waals surface area contributed by atoms with Crippen LogP contribution in [0.25, 0.3) is 22.2 Å². The fraction of sp³-hybridized carbons (Fsp3) is 0.167. The third-order valence-electron chi connectivity index (χ3n) is 5.82. The summed E-state index contributed by atoms with van der Waals surface area (Å²) in [5, 5.41) is 0.871. The van der Waals surface area contributed by atoms with Gasteiger partial charge in [0.25, 0.3) is 10.0 Å². The van der Waals surface area contributed by atoms with Crippen molar-refractivity contribution in [1.29, 1.82) is 0 Å². The Balaban J connectivity index is 1.44. The number of sulfonamides is 1. The lowest BCUT2D eigenvalue weighted by atomic mass is 10.0. The molecule has 2 aromatic heterocycles. The highest BCUT2D eigenvalue weighted by atomic mass is 32.2. The Morgan fingerprint density at radius 3 is 2.57 bits per heavy atom. The number of aryl methyl sites for hydroxylation is 1. The second-order valence-corrected chi connectivity index (χ2v) is 11.5. The molecular formula is C24H23N5O4S2. The fourth-order valence-electron chi connectivity index (χ4n) is 4.05. The molecule has 1 aliphatic rings. The van der Waals surface area contributed by atoms with E-state index in [-0.39, 0.29) is 4.90 Å². The summed E-state index contributed by atoms with van der Waals surface area (Å²) in [6.07, 6.45) is 4.06. The van der Waals surface area contributed by atoms with E-state index in [1.807, 2.05) is 31.2 Å². The van der Waals surface area contributed by atoms with E-state index in [9.17, 15) is 16.8 Å². The first kappa shape index (κ1) is 23.2. The van der Waals surface area contributed by atoms with Crippen LogP contribution in [0.4, 0.5) is 11.4 Å². The third kappa shape index (κ3) is 4.57. The minimum Gasteiger partial charge on any atom is -0.280 e. The molecule has 1 saturated heterocycles. The van der Waals surface area contributed by atoms with E-state index in [1.54, 1.807) is 24.5 Å². The van der Waals surface area contributed by atoms with Crippen LogP contribution in [0.2, 0.25) is 0 Å². The molecule has 0 aliphatic carbocycles. The van der Waals surface area contributed by atoms with E-state index in [4.69, 9.17) is 0 Å². The Morgan fingerprint density at radius 2 is 1.80 bits per heavy atom. The molecule has 1 aliphatic heterocycles. The number of hydrogen-bond donors (Lipinski definition) is 2. The average molecular weight is 510 g/mol. The second-order valence-electron chi connectivity index (χ2n) is 8.18. The fourth-order valence-corrected chi connectivity index (χ4v) is 6.43. The van der Waals surface area contributed by atoms with Crippen molar-refractivity contribution in [1.82, 2.24) is 14.7 Å². The Labute approximate surface area is 204 Å². The topological polar surface area (TPSA) is 121 Å². The van der Waals surface area contributed by atoms with Crippen molar-refractivity contribution in [2.24, 2.45) is 0 Å². The highest BCUT2D eigenvalue weighted by molar-refractivity contribution is 7.92. The summed E-state index contributed by atoms with van der Waals surface area (Å²) in [6, 6.07) is 16.7. The van der Waals surface area contributed by atoms with Gasteiger partial charge in [0.2, 0.25) is 0 Å². The second kappa shape index (κ2) is 8.91. The first-order valence-corrected chi connectivity index (χ1v) is 13.9. The molecule has 1 fully saturated rings. The smallest absolute Gasteiger partial charge is 0.280 e. The summed E-state index contributed by atoms with van der Waals surface area (Å²) in [5.41, 5.74) is 4.05. The van der Waals surface area contributed by atoms with Crippen LogP contribution in [0.1, 0.15) is 12.0 Å². The number of rotatable bonds is 5. The first-order chi connectivity index (χ1) is 16.7. The van der Waals surface area contributed by atoms with Crippen LogP contribution in [0, 0.1) is 6.92 Å². The molecule has 9 nitrogen and oxygen atoms in total. The predicted molar refractivity (Wildman–Crippen MR) is 136 cm³/mol. The number of fused-ring (bicyclic) bond motifs is 1. The van der Waals surface area contributed by atoms with E-state index in [0.29, 0.717) is 30.9 Å². The maximum Gasteiger partial charge on any atom is 0.301 e. The van der Waals surface area contributed by atoms with E-state index < -0.39 is 20.2 Å². The zero-order valence-electron chi connectivity index (χ0n) is 18.8. The first-order valence-electron chi connectivity index (χ1n) is 11.0. The number of nitrogens with one attached hydrogen (secondary N) is 2. The summed E-state index contributed by atoms with van der Waals surface area (Å²) in [6.45, 7) is 2.66. The number of benzene rings is 2. The molecule has 180 valence electrons. The maximum absolute atomic E-state index is 13.1. The van der Waals surface area contributed by atoms with Crippen LogP contribution in [0.15, 0.2) is 78.0 Å². The van der Waals surface area contributed by atoms with Crippen LogP contribution in [0.5, 0.6) is 0 Å². The van der Waals surface area contributed by atoms with Crippen molar-refractivity contribution in [3.63, 3.8) is 0 Å². The molecule has 11 heteroatoms. The van der Waals surface area contributed by atoms with Crippen LogP contribution < -0.4 is 13.7 Å². The van der Waals surface area contributed by atoms with Gasteiger partial charge in [-0.3, -0.25) is 19.0 Å². The summed E-state index contributed by atoms with van der Waals surface area (Å²) >= 11 is 0. The number of pyridine rings is 2. The molecule has 4 aromatic rings. The average Bonchev–Trinajstić information content (AvgIpc) is 2.85. The molecule has 0 atom stereocenters. The van der Waals surface area contributed by atoms with E-state index in [0.717, 1.165) is 27.7 Å². The molecule has 35 heavy (non-hydrogen) atoms. The molecule has 0 radical (unpaired) electrons. The zero-order chi connectivity index (χ0) is 24.6. The minimum atomic E-state index is -3.91. The van der Waals surface area contributed by atoms with Crippen LogP contribution in [-0.2, 0) is 20.2 Å². The van der Waals surface area contributed by atoms with Gasteiger partial charge in [-0.25, -0.2) is 8.42 Å². The summed E-state index contributed by atoms with van der Waals surface area (Å²) in [4.78, 5) is 8.92. The summed E-state index contributed by atoms with van der Waals surface area (Å²) in [5.74, 6) is 0. The van der Waals surface area contributed by atoms with Gasteiger partial charge < -0.3 is 0 Å². The Bertz CT molecular complexity index is 1620. The maximum atomic E-state index is 13.1. The molecule has 5 rings (SSSR count). The van der Waals surface area contributed by atoms with Gasteiger partial charge in [-0.1, -0.05) is 6.07 Å². The van der Waals surface area contributed by atoms with E-state index in [2.05, 4.69) is 19.4 Å². The Morgan fingerprint density at radius 1 is 1.00 bits per heavy atom. The lowest BCUT2D eigenvalue weighted by Crippen LogP contribution is -2.47. The molecule has 2 N–H and O–H groups in total. The van der Waals surface area contributed by atoms with Gasteiger partial charge in [-0.15, -0.1) is 0 Å². The highest BCUT2D eigenvalue weighted by Crippen LogP contribution is 2.31. The van der Waals surface area contributed by atoms with Gasteiger partial charge >= 0.3 is 10.2 Å². The molecule has 0 spiro atoms. The SMILES string of the molecule is Cc1ccc(NS(=O)(=O)c2ccc(N3CCCNS3(=O)=O)cc2)cc1-c1nccc2ncccc12. The van der Waals surface area contributed by atoms with E-state index in [1.165, 1.54) is 28.6 Å². The standard InChI is InChI=1S/C24H23N5O4S2/c1-17-5-6-18(16-22(17)24-21-4-2-12-25-23(21)11-14-26-24)28-34(30,31)20-9-7-19(8-10-20)29-15-3-13-27-35(29,32)33/h2,4-12,14,16,27-28H,3,13,15H2,1H3. The lowest BCUT2D eigenvalue weighted by Gasteiger charge is -2.28. The lowest BCUT2D eigenvalue weighted by molar-refractivity contribution is 0.560. The molecular weight excluding hydrogens is 486 g/mol. The Hall–Kier alpha value is -3.54. The molecule has 0 unspecified atom stereocenters. The highest BCUT2D eigenvalue weighted by Gasteiger charge is 2.26. The zero-order valence-corrected chi connectivity index (χ0v) is 20.5. The molecule has 0 saturated carbocycles. The van der Waals surface area contributed by atoms with Gasteiger partial charge in [0.05, 0.1) is 21.8 Å². The van der Waals surface area contributed by atoms with Crippen molar-refractivity contribution in [2.75, 3.05) is 22.1 Å². The van der Waals surface area contributed by atoms with Gasteiger partial charge in [-0.05, 0) is 73.5 Å². The van der Waals surface area contributed by atoms with Crippen LogP contribution in [0.3, 0.4) is 0 Å². The molecule has 2 aromatic carbocycles. The van der Waals surface area contributed by atoms with Crippen molar-refractivity contribution in [3.05, 3.63) is 78.6 Å². The minimum absolute atomic E-state index is 0.0261. The predicted octanol–water partition coefficient (Wildman–Crippen LogP) is 3.45. The van der Waals surface area contributed by atoms with Crippen molar-refractivity contribution < 1.29 is 16.8 Å². The van der Waals surface area contributed by atoms with Crippen molar-refractivity contribution in [3.8, 4) is 11.3 Å². The number of nitrogens with zero attached hydrogens (tertiary/aromatic N) is 3. The van der Waals surface area contributed by atoms with Crippen LogP contribution in [-0.4, -0.2) is 39.9 Å². The van der Waals surface area contributed by atoms with Crippen molar-refractivity contribution >= 4 is 42.5 Å². The van der Waals surface area contributed by atoms with Gasteiger partial charge in [-0.2, -0.15) is 13.1 Å². The van der Waals surface area contributed by atoms with Gasteiger partial charge in [0.15, 0.2) is 0 Å². The normalized spacial score (nSPS) is 15.7. The number of anilines is 2. The number of hydrogen-bond acceptors (Lipinski definition) is 6. The largest absolute Gasteiger partial charge is 0.301 e. The number of aromatic nitrogens is 2. The van der Waals surface area contributed by atoms with Gasteiger partial charge in [0.1, 0.15) is 0 Å². The van der Waals surface area contributed by atoms with E-state index >= 15 is 0 Å².